The van der Waals surface area contributed by atoms with E-state index < -0.39 is 12.5 Å². The van der Waals surface area contributed by atoms with Gasteiger partial charge in [0.15, 0.2) is 24.1 Å². The number of methoxy groups -OCH3 is 1. The highest BCUT2D eigenvalue weighted by molar-refractivity contribution is 7.98. The number of hydrogen-bond acceptors (Lipinski definition) is 8. The molecule has 0 saturated heterocycles. The first-order valence-corrected chi connectivity index (χ1v) is 5.88. The number of aromatic nitrogens is 3. The fraction of sp³-hybridized carbons (Fsp3) is 0.625. The third kappa shape index (κ3) is 1.79. The molecule has 1 aliphatic rings. The topological polar surface area (TPSA) is 83.4 Å². The van der Waals surface area contributed by atoms with Crippen molar-refractivity contribution in [2.45, 2.75) is 17.6 Å². The maximum atomic E-state index is 9.78. The van der Waals surface area contributed by atoms with Crippen LogP contribution >= 0.6 is 11.8 Å². The lowest BCUT2D eigenvalue weighted by atomic mass is 10.3. The van der Waals surface area contributed by atoms with Gasteiger partial charge in [0.05, 0.1) is 0 Å². The van der Waals surface area contributed by atoms with Crippen molar-refractivity contribution in [3.05, 3.63) is 0 Å². The highest BCUT2D eigenvalue weighted by atomic mass is 32.2. The van der Waals surface area contributed by atoms with Crippen LogP contribution in [0.15, 0.2) is 5.16 Å². The largest absolute Gasteiger partial charge is 0.369 e. The maximum Gasteiger partial charge on any atom is 0.210 e. The molecule has 0 spiro atoms. The number of hydrogen-bond donors (Lipinski definition) is 2. The van der Waals surface area contributed by atoms with E-state index in [1.807, 2.05) is 6.26 Å². The van der Waals surface area contributed by atoms with E-state index in [4.69, 9.17) is 4.74 Å². The summed E-state index contributed by atoms with van der Waals surface area (Å²) in [6.45, 7) is 0. The Morgan fingerprint density at radius 1 is 1.50 bits per heavy atom. The summed E-state index contributed by atoms with van der Waals surface area (Å²) in [5.74, 6) is 1.08. The summed E-state index contributed by atoms with van der Waals surface area (Å²) in [5.41, 5.74) is 0. The highest BCUT2D eigenvalue weighted by Crippen LogP contribution is 2.29. The Morgan fingerprint density at radius 2 is 2.25 bits per heavy atom. The minimum absolute atomic E-state index is 0.497. The molecule has 0 fully saturated rings. The Labute approximate surface area is 97.2 Å². The molecule has 0 aromatic carbocycles. The molecule has 7 nitrogen and oxygen atoms in total. The fourth-order valence-corrected chi connectivity index (χ4v) is 1.86. The number of ether oxygens (including phenoxy) is 1. The van der Waals surface area contributed by atoms with Gasteiger partial charge >= 0.3 is 0 Å². The van der Waals surface area contributed by atoms with Crippen LogP contribution in [-0.2, 0) is 4.74 Å². The predicted octanol–water partition coefficient (Wildman–Crippen LogP) is -0.254. The molecule has 1 aromatic rings. The smallest absolute Gasteiger partial charge is 0.210 e. The van der Waals surface area contributed by atoms with Gasteiger partial charge in [-0.05, 0) is 6.26 Å². The van der Waals surface area contributed by atoms with E-state index in [1.165, 1.54) is 18.9 Å². The number of aliphatic hydroxyl groups is 1. The van der Waals surface area contributed by atoms with Gasteiger partial charge in [-0.1, -0.05) is 11.8 Å². The summed E-state index contributed by atoms with van der Waals surface area (Å²) >= 11 is 1.39. The van der Waals surface area contributed by atoms with Gasteiger partial charge in [-0.15, -0.1) is 10.2 Å². The second-order valence-corrected chi connectivity index (χ2v) is 4.07. The number of anilines is 2. The van der Waals surface area contributed by atoms with Crippen molar-refractivity contribution in [2.24, 2.45) is 0 Å². The second-order valence-electron chi connectivity index (χ2n) is 3.30. The number of aliphatic hydroxyl groups excluding tert-OH is 1. The molecule has 0 saturated carbocycles. The van der Waals surface area contributed by atoms with Gasteiger partial charge in [0.2, 0.25) is 5.16 Å². The number of likely N-dealkylation sites (N-methyl/N-ethyl adjacent to an activating group) is 1. The molecule has 2 rings (SSSR count). The quantitative estimate of drug-likeness (QED) is 0.688. The minimum Gasteiger partial charge on any atom is -0.369 e. The first-order valence-electron chi connectivity index (χ1n) is 4.66. The first-order chi connectivity index (χ1) is 7.67. The molecule has 2 atom stereocenters. The summed E-state index contributed by atoms with van der Waals surface area (Å²) in [6.07, 6.45) is 0.530. The number of thioether (sulfide) groups is 1. The molecule has 8 heteroatoms. The Kier molecular flexibility index (Phi) is 3.13. The Morgan fingerprint density at radius 3 is 2.88 bits per heavy atom. The van der Waals surface area contributed by atoms with Crippen molar-refractivity contribution >= 4 is 23.4 Å². The SMILES string of the molecule is CO[C@H]1[C@H](O)Nc2nc(SC)nnc2N1C. The van der Waals surface area contributed by atoms with Crippen LogP contribution in [0.5, 0.6) is 0 Å². The van der Waals surface area contributed by atoms with Crippen molar-refractivity contribution in [2.75, 3.05) is 30.6 Å². The Balaban J connectivity index is 2.38. The molecule has 2 heterocycles. The third-order valence-corrected chi connectivity index (χ3v) is 2.88. The third-order valence-electron chi connectivity index (χ3n) is 2.34. The van der Waals surface area contributed by atoms with Gasteiger partial charge in [0.1, 0.15) is 0 Å². The van der Waals surface area contributed by atoms with Crippen molar-refractivity contribution < 1.29 is 9.84 Å². The van der Waals surface area contributed by atoms with Gasteiger partial charge in [0, 0.05) is 14.2 Å². The zero-order chi connectivity index (χ0) is 11.7. The zero-order valence-corrected chi connectivity index (χ0v) is 10.0. The predicted molar refractivity (Wildman–Crippen MR) is 60.4 cm³/mol. The molecule has 0 unspecified atom stereocenters. The summed E-state index contributed by atoms with van der Waals surface area (Å²) in [5, 5.41) is 21.1. The fourth-order valence-electron chi connectivity index (χ4n) is 1.56. The Hall–Kier alpha value is -1.12. The molecule has 2 N–H and O–H groups in total. The van der Waals surface area contributed by atoms with E-state index in [1.54, 1.807) is 11.9 Å². The van der Waals surface area contributed by atoms with E-state index in [0.717, 1.165) is 0 Å². The van der Waals surface area contributed by atoms with Crippen molar-refractivity contribution in [3.8, 4) is 0 Å². The molecule has 0 amide bonds. The number of nitrogens with zero attached hydrogens (tertiary/aromatic N) is 4. The first kappa shape index (κ1) is 11.4. The molecule has 0 bridgehead atoms. The van der Waals surface area contributed by atoms with E-state index in [0.29, 0.717) is 16.8 Å². The summed E-state index contributed by atoms with van der Waals surface area (Å²) in [4.78, 5) is 5.92. The van der Waals surface area contributed by atoms with Gasteiger partial charge in [-0.3, -0.25) is 0 Å². The van der Waals surface area contributed by atoms with Crippen LogP contribution in [0.3, 0.4) is 0 Å². The van der Waals surface area contributed by atoms with Crippen LogP contribution in [0.4, 0.5) is 11.6 Å². The highest BCUT2D eigenvalue weighted by Gasteiger charge is 2.33. The van der Waals surface area contributed by atoms with Crippen LogP contribution in [0.25, 0.3) is 0 Å². The van der Waals surface area contributed by atoms with Crippen molar-refractivity contribution in [1.29, 1.82) is 0 Å². The Bertz CT molecular complexity index is 391. The standard InChI is InChI=1S/C8H13N5O2S/c1-13-5-4(9-6(14)7(13)15-2)10-8(16-3)12-11-5/h6-7,14H,1-3H3,(H,9,10,12)/t6-,7-/m0/s1. The van der Waals surface area contributed by atoms with E-state index in [9.17, 15) is 5.11 Å². The van der Waals surface area contributed by atoms with E-state index in [-0.39, 0.29) is 0 Å². The summed E-state index contributed by atoms with van der Waals surface area (Å²) < 4.78 is 5.14. The van der Waals surface area contributed by atoms with Crippen LogP contribution in [-0.4, -0.2) is 53.2 Å². The molecular weight excluding hydrogens is 230 g/mol. The molecule has 1 aliphatic heterocycles. The lowest BCUT2D eigenvalue weighted by Gasteiger charge is -2.36. The summed E-state index contributed by atoms with van der Waals surface area (Å²) in [7, 11) is 3.29. The number of nitrogens with one attached hydrogen (secondary N) is 1. The van der Waals surface area contributed by atoms with Gasteiger partial charge in [-0.2, -0.15) is 4.98 Å². The van der Waals surface area contributed by atoms with Crippen LogP contribution < -0.4 is 10.2 Å². The molecule has 16 heavy (non-hydrogen) atoms. The minimum atomic E-state index is -0.839. The molecule has 1 aromatic heterocycles. The van der Waals surface area contributed by atoms with Gasteiger partial charge < -0.3 is 20.1 Å². The lowest BCUT2D eigenvalue weighted by Crippen LogP contribution is -2.51. The maximum absolute atomic E-state index is 9.78. The number of rotatable bonds is 2. The zero-order valence-electron chi connectivity index (χ0n) is 9.21. The van der Waals surface area contributed by atoms with E-state index >= 15 is 0 Å². The van der Waals surface area contributed by atoms with Crippen LogP contribution in [0.1, 0.15) is 0 Å². The normalized spacial score (nSPS) is 23.9. The van der Waals surface area contributed by atoms with Crippen molar-refractivity contribution in [3.63, 3.8) is 0 Å². The monoisotopic (exact) mass is 243 g/mol. The summed E-state index contributed by atoms with van der Waals surface area (Å²) in [6, 6.07) is 0. The van der Waals surface area contributed by atoms with Crippen molar-refractivity contribution in [1.82, 2.24) is 15.2 Å². The van der Waals surface area contributed by atoms with Gasteiger partial charge in [-0.25, -0.2) is 0 Å². The number of fused-ring (bicyclic) bond motifs is 1. The lowest BCUT2D eigenvalue weighted by molar-refractivity contribution is -0.0000805. The molecule has 0 radical (unpaired) electrons. The molecule has 88 valence electrons. The average molecular weight is 243 g/mol. The second kappa shape index (κ2) is 4.40. The molecular formula is C8H13N5O2S. The van der Waals surface area contributed by atoms with Crippen LogP contribution in [0.2, 0.25) is 0 Å². The molecule has 0 aliphatic carbocycles. The van der Waals surface area contributed by atoms with Gasteiger partial charge in [0.25, 0.3) is 0 Å². The average Bonchev–Trinajstić information content (AvgIpc) is 2.28. The van der Waals surface area contributed by atoms with E-state index in [2.05, 4.69) is 20.5 Å². The van der Waals surface area contributed by atoms with Crippen LogP contribution in [0, 0.1) is 0 Å².